The molecule has 5 nitrogen and oxygen atoms in total. The predicted octanol–water partition coefficient (Wildman–Crippen LogP) is 5.89. The van der Waals surface area contributed by atoms with E-state index >= 15 is 0 Å². The highest BCUT2D eigenvalue weighted by atomic mass is 35.5. The summed E-state index contributed by atoms with van der Waals surface area (Å²) in [5.41, 5.74) is 12.6. The lowest BCUT2D eigenvalue weighted by molar-refractivity contribution is 0.0644. The van der Waals surface area contributed by atoms with E-state index in [1.54, 1.807) is 0 Å². The zero-order chi connectivity index (χ0) is 24.2. The van der Waals surface area contributed by atoms with Crippen molar-refractivity contribution in [2.45, 2.75) is 38.6 Å². The second-order valence-corrected chi connectivity index (χ2v) is 9.50. The fraction of sp³-hybridized carbons (Fsp3) is 0.300. The molecule has 1 aliphatic rings. The summed E-state index contributed by atoms with van der Waals surface area (Å²) in [6.45, 7) is 3.17. The van der Waals surface area contributed by atoms with Crippen LogP contribution in [0.3, 0.4) is 0 Å². The van der Waals surface area contributed by atoms with Crippen LogP contribution in [-0.2, 0) is 6.42 Å². The van der Waals surface area contributed by atoms with E-state index in [4.69, 9.17) is 15.7 Å². The average Bonchev–Trinajstić information content (AvgIpc) is 3.72. The third kappa shape index (κ3) is 5.75. The molecule has 0 bridgehead atoms. The number of hydrogen-bond acceptors (Lipinski definition) is 4. The highest BCUT2D eigenvalue weighted by molar-refractivity contribution is 5.94. The van der Waals surface area contributed by atoms with Gasteiger partial charge in [-0.1, -0.05) is 60.2 Å². The Kier molecular flexibility index (Phi) is 8.34. The van der Waals surface area contributed by atoms with E-state index in [-0.39, 0.29) is 24.4 Å². The molecular formula is C30H33ClN4O. The molecule has 0 radical (unpaired) electrons. The van der Waals surface area contributed by atoms with E-state index in [0.717, 1.165) is 47.2 Å². The normalized spacial score (nSPS) is 13.7. The summed E-state index contributed by atoms with van der Waals surface area (Å²) >= 11 is 0. The van der Waals surface area contributed by atoms with Crippen molar-refractivity contribution in [1.29, 1.82) is 0 Å². The van der Waals surface area contributed by atoms with Crippen molar-refractivity contribution in [3.8, 4) is 0 Å². The molecule has 5 rings (SSSR count). The molecule has 0 saturated heterocycles. The highest BCUT2D eigenvalue weighted by Gasteiger charge is 2.41. The molecule has 36 heavy (non-hydrogen) atoms. The van der Waals surface area contributed by atoms with Gasteiger partial charge in [0.2, 0.25) is 0 Å². The Morgan fingerprint density at radius 1 is 0.944 bits per heavy atom. The maximum atomic E-state index is 13.9. The van der Waals surface area contributed by atoms with Crippen molar-refractivity contribution in [1.82, 2.24) is 14.9 Å². The first-order valence-corrected chi connectivity index (χ1v) is 12.5. The molecule has 2 N–H and O–H groups in total. The van der Waals surface area contributed by atoms with Crippen LogP contribution in [0, 0.1) is 12.8 Å². The quantitative estimate of drug-likeness (QED) is 0.311. The second-order valence-electron chi connectivity index (χ2n) is 9.50. The average molecular weight is 501 g/mol. The van der Waals surface area contributed by atoms with Crippen molar-refractivity contribution in [2.24, 2.45) is 11.7 Å². The maximum absolute atomic E-state index is 13.9. The summed E-state index contributed by atoms with van der Waals surface area (Å²) in [7, 11) is 0. The maximum Gasteiger partial charge on any atom is 0.254 e. The molecule has 6 heteroatoms. The van der Waals surface area contributed by atoms with Gasteiger partial charge in [0.1, 0.15) is 0 Å². The summed E-state index contributed by atoms with van der Waals surface area (Å²) < 4.78 is 0. The monoisotopic (exact) mass is 500 g/mol. The first-order chi connectivity index (χ1) is 17.1. The van der Waals surface area contributed by atoms with Crippen LogP contribution >= 0.6 is 12.4 Å². The van der Waals surface area contributed by atoms with Crippen LogP contribution in [0.25, 0.3) is 11.0 Å². The van der Waals surface area contributed by atoms with Crippen LogP contribution in [0.2, 0.25) is 0 Å². The number of rotatable bonds is 9. The lowest BCUT2D eigenvalue weighted by Gasteiger charge is -2.33. The molecule has 1 saturated carbocycles. The number of nitrogens with zero attached hydrogens (tertiary/aromatic N) is 3. The van der Waals surface area contributed by atoms with Crippen LogP contribution in [-0.4, -0.2) is 33.9 Å². The minimum Gasteiger partial charge on any atom is -0.330 e. The minimum absolute atomic E-state index is 0. The number of carbonyl (C=O) groups excluding carboxylic acids is 1. The first-order valence-electron chi connectivity index (χ1n) is 12.5. The van der Waals surface area contributed by atoms with E-state index in [2.05, 4.69) is 24.3 Å². The summed E-state index contributed by atoms with van der Waals surface area (Å²) in [6, 6.07) is 26.1. The predicted molar refractivity (Wildman–Crippen MR) is 147 cm³/mol. The Morgan fingerprint density at radius 2 is 1.58 bits per heavy atom. The van der Waals surface area contributed by atoms with Crippen LogP contribution < -0.4 is 5.73 Å². The van der Waals surface area contributed by atoms with Gasteiger partial charge < -0.3 is 10.6 Å². The SMILES string of the molecule is Cc1ccc(C(=O)N(CCCN)C(c2nc3ccccc3nc2Cc2ccccc2)C2CC2)cc1.Cl. The number of fused-ring (bicyclic) bond motifs is 1. The number of aromatic nitrogens is 2. The van der Waals surface area contributed by atoms with E-state index < -0.39 is 0 Å². The van der Waals surface area contributed by atoms with E-state index in [1.807, 2.05) is 66.4 Å². The lowest BCUT2D eigenvalue weighted by Crippen LogP contribution is -2.38. The molecule has 1 unspecified atom stereocenters. The second kappa shape index (κ2) is 11.6. The topological polar surface area (TPSA) is 72.1 Å². The van der Waals surface area contributed by atoms with Crippen molar-refractivity contribution in [3.63, 3.8) is 0 Å². The van der Waals surface area contributed by atoms with E-state index in [9.17, 15) is 4.79 Å². The lowest BCUT2D eigenvalue weighted by atomic mass is 9.98. The van der Waals surface area contributed by atoms with Crippen molar-refractivity contribution in [2.75, 3.05) is 13.1 Å². The van der Waals surface area contributed by atoms with Gasteiger partial charge in [-0.25, -0.2) is 9.97 Å². The Balaban J connectivity index is 0.00000304. The number of carbonyl (C=O) groups is 1. The standard InChI is InChI=1S/C30H32N4O.ClH/c1-21-12-14-24(15-13-21)30(35)34(19-7-18-31)29(23-16-17-23)28-27(20-22-8-3-2-4-9-22)32-25-10-5-6-11-26(25)33-28;/h2-6,8-15,23,29H,7,16-20,31H2,1H3;1H. The van der Waals surface area contributed by atoms with Crippen molar-refractivity contribution < 1.29 is 4.79 Å². The summed E-state index contributed by atoms with van der Waals surface area (Å²) in [5.74, 6) is 0.420. The summed E-state index contributed by atoms with van der Waals surface area (Å²) in [4.78, 5) is 26.1. The molecule has 1 aromatic heterocycles. The van der Waals surface area contributed by atoms with Crippen molar-refractivity contribution >= 4 is 29.3 Å². The molecular weight excluding hydrogens is 468 g/mol. The molecule has 3 aromatic carbocycles. The number of halogens is 1. The first kappa shape index (κ1) is 25.8. The Bertz CT molecular complexity index is 1310. The van der Waals surface area contributed by atoms with Crippen LogP contribution in [0.1, 0.15) is 58.2 Å². The number of benzene rings is 3. The largest absolute Gasteiger partial charge is 0.330 e. The third-order valence-corrected chi connectivity index (χ3v) is 6.74. The molecule has 4 aromatic rings. The smallest absolute Gasteiger partial charge is 0.254 e. The molecule has 1 amide bonds. The molecule has 186 valence electrons. The Labute approximate surface area is 219 Å². The number of nitrogens with two attached hydrogens (primary N) is 1. The molecule has 1 aliphatic carbocycles. The van der Waals surface area contributed by atoms with E-state index in [1.165, 1.54) is 5.56 Å². The highest BCUT2D eigenvalue weighted by Crippen LogP contribution is 2.45. The number of amides is 1. The summed E-state index contributed by atoms with van der Waals surface area (Å²) in [5, 5.41) is 0. The van der Waals surface area contributed by atoms with Gasteiger partial charge in [0, 0.05) is 18.5 Å². The number of hydrogen-bond donors (Lipinski definition) is 1. The van der Waals surface area contributed by atoms with Gasteiger partial charge in [-0.05, 0) is 68.5 Å². The molecule has 1 heterocycles. The third-order valence-electron chi connectivity index (χ3n) is 6.74. The molecule has 0 spiro atoms. The van der Waals surface area contributed by atoms with Gasteiger partial charge in [0.15, 0.2) is 0 Å². The fourth-order valence-electron chi connectivity index (χ4n) is 4.73. The van der Waals surface area contributed by atoms with E-state index in [0.29, 0.717) is 31.0 Å². The molecule has 1 fully saturated rings. The van der Waals surface area contributed by atoms with Crippen LogP contribution in [0.4, 0.5) is 0 Å². The van der Waals surface area contributed by atoms with Gasteiger partial charge in [0.25, 0.3) is 5.91 Å². The number of para-hydroxylation sites is 2. The minimum atomic E-state index is -0.119. The number of aryl methyl sites for hydroxylation is 1. The van der Waals surface area contributed by atoms with Gasteiger partial charge >= 0.3 is 0 Å². The zero-order valence-electron chi connectivity index (χ0n) is 20.6. The van der Waals surface area contributed by atoms with Gasteiger partial charge in [-0.3, -0.25) is 4.79 Å². The Morgan fingerprint density at radius 3 is 2.22 bits per heavy atom. The van der Waals surface area contributed by atoms with Crippen LogP contribution in [0.15, 0.2) is 78.9 Å². The van der Waals surface area contributed by atoms with Gasteiger partial charge in [0.05, 0.1) is 28.5 Å². The summed E-state index contributed by atoms with van der Waals surface area (Å²) in [6.07, 6.45) is 3.60. The fourth-order valence-corrected chi connectivity index (χ4v) is 4.73. The Hall–Kier alpha value is -3.28. The van der Waals surface area contributed by atoms with Crippen LogP contribution in [0.5, 0.6) is 0 Å². The van der Waals surface area contributed by atoms with Crippen molar-refractivity contribution in [3.05, 3.63) is 107 Å². The molecule has 0 aliphatic heterocycles. The van der Waals surface area contributed by atoms with Gasteiger partial charge in [-0.15, -0.1) is 12.4 Å². The zero-order valence-corrected chi connectivity index (χ0v) is 21.5. The van der Waals surface area contributed by atoms with Gasteiger partial charge in [-0.2, -0.15) is 0 Å². The molecule has 1 atom stereocenters.